The van der Waals surface area contributed by atoms with Crippen molar-refractivity contribution in [2.24, 2.45) is 0 Å². The van der Waals surface area contributed by atoms with Gasteiger partial charge >= 0.3 is 6.03 Å². The summed E-state index contributed by atoms with van der Waals surface area (Å²) in [7, 11) is 0. The number of fused-ring (bicyclic) bond motifs is 1. The van der Waals surface area contributed by atoms with Crippen LogP contribution < -0.4 is 15.4 Å². The number of carbonyl (C=O) groups excluding carboxylic acids is 2. The molecule has 0 aliphatic carbocycles. The molecule has 3 amide bonds. The van der Waals surface area contributed by atoms with Gasteiger partial charge in [-0.25, -0.2) is 4.79 Å². The minimum absolute atomic E-state index is 0.0203. The molecule has 0 unspecified atom stereocenters. The Kier molecular flexibility index (Phi) is 3.42. The third-order valence-electron chi connectivity index (χ3n) is 3.16. The minimum atomic E-state index is -0.200. The summed E-state index contributed by atoms with van der Waals surface area (Å²) in [6.45, 7) is 2.29. The third kappa shape index (κ3) is 2.67. The van der Waals surface area contributed by atoms with Gasteiger partial charge in [0.2, 0.25) is 0 Å². The van der Waals surface area contributed by atoms with Gasteiger partial charge in [-0.05, 0) is 18.2 Å². The Morgan fingerprint density at radius 3 is 2.90 bits per heavy atom. The lowest BCUT2D eigenvalue weighted by Gasteiger charge is -2.27. The van der Waals surface area contributed by atoms with Crippen molar-refractivity contribution < 1.29 is 19.1 Å². The van der Waals surface area contributed by atoms with E-state index in [0.29, 0.717) is 43.4 Å². The molecule has 1 aromatic rings. The Labute approximate surface area is 115 Å². The van der Waals surface area contributed by atoms with Crippen LogP contribution in [0.2, 0.25) is 0 Å². The van der Waals surface area contributed by atoms with E-state index in [0.717, 1.165) is 0 Å². The fourth-order valence-electron chi connectivity index (χ4n) is 2.13. The van der Waals surface area contributed by atoms with Gasteiger partial charge in [0.25, 0.3) is 5.91 Å². The molecule has 1 aromatic carbocycles. The number of morpholine rings is 1. The van der Waals surface area contributed by atoms with E-state index in [1.165, 1.54) is 0 Å². The first-order valence-corrected chi connectivity index (χ1v) is 6.43. The lowest BCUT2D eigenvalue weighted by molar-refractivity contribution is -0.118. The van der Waals surface area contributed by atoms with E-state index < -0.39 is 0 Å². The molecule has 106 valence electrons. The first-order chi connectivity index (χ1) is 9.72. The summed E-state index contributed by atoms with van der Waals surface area (Å²) >= 11 is 0. The van der Waals surface area contributed by atoms with Crippen LogP contribution in [0.5, 0.6) is 5.75 Å². The standard InChI is InChI=1S/C13H15N3O4/c17-12-8-20-11-2-1-9(7-10(11)15-12)14-13(18)16-3-5-19-6-4-16/h1-2,7H,3-6,8H2,(H,14,18)(H,15,17). The van der Waals surface area contributed by atoms with E-state index >= 15 is 0 Å². The summed E-state index contributed by atoms with van der Waals surface area (Å²) in [5, 5.41) is 5.51. The highest BCUT2D eigenvalue weighted by Crippen LogP contribution is 2.30. The van der Waals surface area contributed by atoms with Crippen molar-refractivity contribution in [2.45, 2.75) is 0 Å². The molecule has 2 aliphatic heterocycles. The number of anilines is 2. The maximum absolute atomic E-state index is 12.0. The van der Waals surface area contributed by atoms with E-state index in [9.17, 15) is 9.59 Å². The van der Waals surface area contributed by atoms with Crippen molar-refractivity contribution in [3.05, 3.63) is 18.2 Å². The van der Waals surface area contributed by atoms with Crippen LogP contribution in [-0.4, -0.2) is 49.7 Å². The molecule has 0 spiro atoms. The van der Waals surface area contributed by atoms with E-state index in [1.54, 1.807) is 23.1 Å². The molecule has 20 heavy (non-hydrogen) atoms. The van der Waals surface area contributed by atoms with Gasteiger partial charge < -0.3 is 25.0 Å². The van der Waals surface area contributed by atoms with Gasteiger partial charge in [0.05, 0.1) is 18.9 Å². The number of hydrogen-bond donors (Lipinski definition) is 2. The number of urea groups is 1. The van der Waals surface area contributed by atoms with Gasteiger partial charge in [0.1, 0.15) is 5.75 Å². The zero-order valence-corrected chi connectivity index (χ0v) is 10.8. The van der Waals surface area contributed by atoms with Crippen LogP contribution in [0.15, 0.2) is 18.2 Å². The summed E-state index contributed by atoms with van der Waals surface area (Å²) in [5.41, 5.74) is 1.19. The quantitative estimate of drug-likeness (QED) is 0.798. The van der Waals surface area contributed by atoms with Crippen LogP contribution in [0.4, 0.5) is 16.2 Å². The molecule has 0 atom stereocenters. The van der Waals surface area contributed by atoms with Crippen LogP contribution in [0.1, 0.15) is 0 Å². The van der Waals surface area contributed by atoms with Crippen molar-refractivity contribution in [1.29, 1.82) is 0 Å². The average Bonchev–Trinajstić information content (AvgIpc) is 2.47. The Morgan fingerprint density at radius 1 is 1.30 bits per heavy atom. The summed E-state index contributed by atoms with van der Waals surface area (Å²) in [5.74, 6) is 0.406. The van der Waals surface area contributed by atoms with Crippen LogP contribution in [0.3, 0.4) is 0 Å². The fraction of sp³-hybridized carbons (Fsp3) is 0.385. The van der Waals surface area contributed by atoms with Crippen molar-refractivity contribution in [2.75, 3.05) is 43.5 Å². The Balaban J connectivity index is 1.69. The second-order valence-corrected chi connectivity index (χ2v) is 4.58. The first kappa shape index (κ1) is 12.7. The van der Waals surface area contributed by atoms with Gasteiger partial charge in [-0.3, -0.25) is 4.79 Å². The van der Waals surface area contributed by atoms with E-state index in [4.69, 9.17) is 9.47 Å². The summed E-state index contributed by atoms with van der Waals surface area (Å²) in [6.07, 6.45) is 0. The summed E-state index contributed by atoms with van der Waals surface area (Å²) in [4.78, 5) is 25.0. The normalized spacial score (nSPS) is 17.8. The second kappa shape index (κ2) is 5.38. The molecular formula is C13H15N3O4. The van der Waals surface area contributed by atoms with Crippen LogP contribution in [0, 0.1) is 0 Å². The monoisotopic (exact) mass is 277 g/mol. The maximum Gasteiger partial charge on any atom is 0.322 e. The number of amides is 3. The molecular weight excluding hydrogens is 262 g/mol. The molecule has 7 nitrogen and oxygen atoms in total. The van der Waals surface area contributed by atoms with Crippen molar-refractivity contribution >= 4 is 23.3 Å². The number of carbonyl (C=O) groups is 2. The highest BCUT2D eigenvalue weighted by atomic mass is 16.5. The zero-order valence-electron chi connectivity index (χ0n) is 10.8. The molecule has 3 rings (SSSR count). The molecule has 0 aromatic heterocycles. The van der Waals surface area contributed by atoms with Gasteiger partial charge in [-0.1, -0.05) is 0 Å². The lowest BCUT2D eigenvalue weighted by atomic mass is 10.2. The summed E-state index contributed by atoms with van der Waals surface area (Å²) in [6, 6.07) is 4.99. The Morgan fingerprint density at radius 2 is 2.10 bits per heavy atom. The number of hydrogen-bond acceptors (Lipinski definition) is 4. The number of nitrogens with one attached hydrogen (secondary N) is 2. The molecule has 1 saturated heterocycles. The molecule has 0 bridgehead atoms. The molecule has 2 aliphatic rings. The number of nitrogens with zero attached hydrogens (tertiary/aromatic N) is 1. The minimum Gasteiger partial charge on any atom is -0.482 e. The van der Waals surface area contributed by atoms with Crippen LogP contribution in [-0.2, 0) is 9.53 Å². The summed E-state index contributed by atoms with van der Waals surface area (Å²) < 4.78 is 10.5. The predicted octanol–water partition coefficient (Wildman–Crippen LogP) is 0.882. The number of benzene rings is 1. The molecule has 0 saturated carbocycles. The van der Waals surface area contributed by atoms with Gasteiger partial charge in [0, 0.05) is 18.8 Å². The van der Waals surface area contributed by atoms with Crippen LogP contribution >= 0.6 is 0 Å². The second-order valence-electron chi connectivity index (χ2n) is 4.58. The molecule has 2 N–H and O–H groups in total. The SMILES string of the molecule is O=C1COc2ccc(NC(=O)N3CCOCC3)cc2N1. The lowest BCUT2D eigenvalue weighted by Crippen LogP contribution is -2.43. The smallest absolute Gasteiger partial charge is 0.322 e. The molecule has 2 heterocycles. The fourth-order valence-corrected chi connectivity index (χ4v) is 2.13. The van der Waals surface area contributed by atoms with Crippen molar-refractivity contribution in [3.63, 3.8) is 0 Å². The number of ether oxygens (including phenoxy) is 2. The molecule has 1 fully saturated rings. The molecule has 0 radical (unpaired) electrons. The van der Waals surface area contributed by atoms with Crippen molar-refractivity contribution in [3.8, 4) is 5.75 Å². The first-order valence-electron chi connectivity index (χ1n) is 6.43. The van der Waals surface area contributed by atoms with Gasteiger partial charge in [-0.15, -0.1) is 0 Å². The van der Waals surface area contributed by atoms with Gasteiger partial charge in [-0.2, -0.15) is 0 Å². The number of rotatable bonds is 1. The zero-order chi connectivity index (χ0) is 13.9. The highest BCUT2D eigenvalue weighted by Gasteiger charge is 2.19. The highest BCUT2D eigenvalue weighted by molar-refractivity contribution is 5.97. The topological polar surface area (TPSA) is 79.9 Å². The van der Waals surface area contributed by atoms with E-state index in [2.05, 4.69) is 10.6 Å². The Bertz CT molecular complexity index is 540. The predicted molar refractivity (Wildman–Crippen MR) is 72.0 cm³/mol. The maximum atomic E-state index is 12.0. The van der Waals surface area contributed by atoms with Crippen molar-refractivity contribution in [1.82, 2.24) is 4.90 Å². The molecule has 7 heteroatoms. The largest absolute Gasteiger partial charge is 0.482 e. The Hall–Kier alpha value is -2.28. The van der Waals surface area contributed by atoms with Gasteiger partial charge in [0.15, 0.2) is 6.61 Å². The average molecular weight is 277 g/mol. The van der Waals surface area contributed by atoms with E-state index in [1.807, 2.05) is 0 Å². The van der Waals surface area contributed by atoms with Crippen LogP contribution in [0.25, 0.3) is 0 Å². The third-order valence-corrected chi connectivity index (χ3v) is 3.16. The van der Waals surface area contributed by atoms with E-state index in [-0.39, 0.29) is 18.5 Å².